The van der Waals surface area contributed by atoms with E-state index in [0.717, 1.165) is 7.11 Å². The number of esters is 2. The minimum atomic E-state index is -4.53. The molecule has 0 bridgehead atoms. The lowest BCUT2D eigenvalue weighted by molar-refractivity contribution is -0.151. The first kappa shape index (κ1) is 23.8. The van der Waals surface area contributed by atoms with Crippen LogP contribution in [0, 0.1) is 11.8 Å². The number of rotatable bonds is 8. The topological polar surface area (TPSA) is 128 Å². The zero-order valence-corrected chi connectivity index (χ0v) is 17.3. The first-order valence-electron chi connectivity index (χ1n) is 8.66. The number of carbonyl (C=O) groups is 3. The van der Waals surface area contributed by atoms with Crippen LogP contribution in [0.3, 0.4) is 0 Å². The lowest BCUT2D eigenvalue weighted by Crippen LogP contribution is -2.41. The third-order valence-corrected chi connectivity index (χ3v) is 5.70. The monoisotopic (exact) mass is 415 g/mol. The maximum atomic E-state index is 12.8. The molecule has 0 saturated heterocycles. The molecule has 10 heteroatoms. The average Bonchev–Trinajstić information content (AvgIpc) is 2.63. The summed E-state index contributed by atoms with van der Waals surface area (Å²) in [6.45, 7) is 6.37. The molecule has 0 aliphatic carbocycles. The number of alkyl carbamates (subject to hydrolysis) is 1. The molecule has 2 N–H and O–H groups in total. The lowest BCUT2D eigenvalue weighted by Gasteiger charge is -2.29. The van der Waals surface area contributed by atoms with E-state index in [1.54, 1.807) is 45.9 Å². The largest absolute Gasteiger partial charge is 0.467 e. The second-order valence-electron chi connectivity index (χ2n) is 6.73. The van der Waals surface area contributed by atoms with Gasteiger partial charge in [-0.1, -0.05) is 45.9 Å². The van der Waals surface area contributed by atoms with Crippen molar-refractivity contribution >= 4 is 25.6 Å². The summed E-state index contributed by atoms with van der Waals surface area (Å²) in [6, 6.07) is 7.80. The van der Waals surface area contributed by atoms with Crippen molar-refractivity contribution < 1.29 is 37.8 Å². The SMILES string of the molecule is COC(=O)[C@H](OP(=O)(O)[C@@H](NC(=O)OC(=O)c1ccccc1)C(C)C)C(C)C. The van der Waals surface area contributed by atoms with Gasteiger partial charge in [-0.25, -0.2) is 14.4 Å². The fourth-order valence-electron chi connectivity index (χ4n) is 2.27. The average molecular weight is 415 g/mol. The lowest BCUT2D eigenvalue weighted by atomic mass is 10.1. The van der Waals surface area contributed by atoms with Gasteiger partial charge in [0.15, 0.2) is 6.10 Å². The van der Waals surface area contributed by atoms with Gasteiger partial charge in [0.1, 0.15) is 5.78 Å². The molecule has 0 aliphatic heterocycles. The number of amides is 1. The number of hydrogen-bond acceptors (Lipinski definition) is 7. The van der Waals surface area contributed by atoms with E-state index < -0.39 is 49.4 Å². The summed E-state index contributed by atoms with van der Waals surface area (Å²) >= 11 is 0. The van der Waals surface area contributed by atoms with E-state index in [1.807, 2.05) is 0 Å². The zero-order valence-electron chi connectivity index (χ0n) is 16.4. The molecule has 1 aromatic rings. The Hall–Kier alpha value is -2.22. The van der Waals surface area contributed by atoms with Crippen LogP contribution in [0.2, 0.25) is 0 Å². The van der Waals surface area contributed by atoms with Gasteiger partial charge in [-0.05, 0) is 24.0 Å². The highest BCUT2D eigenvalue weighted by Crippen LogP contribution is 2.51. The van der Waals surface area contributed by atoms with E-state index in [-0.39, 0.29) is 5.56 Å². The predicted molar refractivity (Wildman–Crippen MR) is 101 cm³/mol. The smallest absolute Gasteiger partial charge is 0.415 e. The molecule has 0 fully saturated rings. The minimum absolute atomic E-state index is 0.146. The number of hydrogen-bond donors (Lipinski definition) is 2. The molecule has 3 atom stereocenters. The van der Waals surface area contributed by atoms with Crippen LogP contribution < -0.4 is 5.32 Å². The molecule has 0 aromatic heterocycles. The Labute approximate surface area is 163 Å². The summed E-state index contributed by atoms with van der Waals surface area (Å²) in [5, 5.41) is 2.19. The van der Waals surface area contributed by atoms with Crippen molar-refractivity contribution in [3.05, 3.63) is 35.9 Å². The molecule has 1 amide bonds. The molecule has 0 saturated carbocycles. The maximum Gasteiger partial charge on any atom is 0.415 e. The van der Waals surface area contributed by atoms with Crippen LogP contribution in [-0.2, 0) is 23.4 Å². The third kappa shape index (κ3) is 6.74. The Morgan fingerprint density at radius 2 is 1.61 bits per heavy atom. The predicted octanol–water partition coefficient (Wildman–Crippen LogP) is 2.93. The first-order valence-corrected chi connectivity index (χ1v) is 10.3. The van der Waals surface area contributed by atoms with E-state index in [2.05, 4.69) is 14.8 Å². The second-order valence-corrected chi connectivity index (χ2v) is 8.63. The number of ether oxygens (including phenoxy) is 2. The summed E-state index contributed by atoms with van der Waals surface area (Å²) < 4.78 is 27.2. The standard InChI is InChI=1S/C18H26NO8P/c1-11(2)14(17(21)25-5)27-28(23,24)15(12(3)4)19-18(22)26-16(20)13-9-7-6-8-10-13/h6-12,14-15H,1-5H3,(H,19,22)(H,23,24)/t14-,15-/m1/s1. The second kappa shape index (κ2) is 10.4. The summed E-state index contributed by atoms with van der Waals surface area (Å²) in [5.74, 6) is -4.15. The Morgan fingerprint density at radius 3 is 2.07 bits per heavy atom. The third-order valence-electron chi connectivity index (χ3n) is 3.75. The Kier molecular flexibility index (Phi) is 8.81. The molecule has 9 nitrogen and oxygen atoms in total. The minimum Gasteiger partial charge on any atom is -0.467 e. The molecule has 156 valence electrons. The van der Waals surface area contributed by atoms with Crippen LogP contribution in [-0.4, -0.2) is 41.9 Å². The Balaban J connectivity index is 2.90. The molecule has 1 aromatic carbocycles. The zero-order chi connectivity index (χ0) is 21.5. The highest BCUT2D eigenvalue weighted by Gasteiger charge is 2.42. The number of methoxy groups -OCH3 is 1. The normalized spacial score (nSPS) is 15.4. The van der Waals surface area contributed by atoms with Crippen molar-refractivity contribution in [2.45, 2.75) is 39.6 Å². The molecule has 0 heterocycles. The molecule has 28 heavy (non-hydrogen) atoms. The summed E-state index contributed by atoms with van der Waals surface area (Å²) in [4.78, 5) is 46.2. The Bertz CT molecular complexity index is 734. The van der Waals surface area contributed by atoms with Gasteiger partial charge in [0.2, 0.25) is 0 Å². The highest BCUT2D eigenvalue weighted by atomic mass is 31.2. The van der Waals surface area contributed by atoms with E-state index in [4.69, 9.17) is 4.52 Å². The van der Waals surface area contributed by atoms with Gasteiger partial charge in [0.25, 0.3) is 0 Å². The van der Waals surface area contributed by atoms with Gasteiger partial charge in [0.05, 0.1) is 12.7 Å². The van der Waals surface area contributed by atoms with Crippen LogP contribution in [0.5, 0.6) is 0 Å². The quantitative estimate of drug-likeness (QED) is 0.377. The molecule has 0 radical (unpaired) electrons. The number of carbonyl (C=O) groups excluding carboxylic acids is 3. The van der Waals surface area contributed by atoms with Gasteiger partial charge >= 0.3 is 25.6 Å². The van der Waals surface area contributed by atoms with Crippen LogP contribution >= 0.6 is 7.60 Å². The first-order chi connectivity index (χ1) is 13.0. The number of nitrogens with one attached hydrogen (secondary N) is 1. The van der Waals surface area contributed by atoms with Gasteiger partial charge in [-0.2, -0.15) is 0 Å². The van der Waals surface area contributed by atoms with Crippen molar-refractivity contribution in [2.75, 3.05) is 7.11 Å². The van der Waals surface area contributed by atoms with Crippen molar-refractivity contribution in [2.24, 2.45) is 11.8 Å². The van der Waals surface area contributed by atoms with Crippen LogP contribution in [0.15, 0.2) is 30.3 Å². The van der Waals surface area contributed by atoms with Crippen LogP contribution in [0.25, 0.3) is 0 Å². The Morgan fingerprint density at radius 1 is 1.04 bits per heavy atom. The molecule has 0 aliphatic rings. The van der Waals surface area contributed by atoms with Crippen molar-refractivity contribution in [3.8, 4) is 0 Å². The summed E-state index contributed by atoms with van der Waals surface area (Å²) in [6.07, 6.45) is -2.50. The maximum absolute atomic E-state index is 12.8. The molecule has 1 rings (SSSR count). The van der Waals surface area contributed by atoms with E-state index >= 15 is 0 Å². The van der Waals surface area contributed by atoms with Crippen LogP contribution in [0.4, 0.5) is 4.79 Å². The van der Waals surface area contributed by atoms with Crippen molar-refractivity contribution in [1.29, 1.82) is 0 Å². The molecular formula is C18H26NO8P. The summed E-state index contributed by atoms with van der Waals surface area (Å²) in [7, 11) is -3.40. The fraction of sp³-hybridized carbons (Fsp3) is 0.500. The van der Waals surface area contributed by atoms with Gasteiger partial charge in [-0.15, -0.1) is 0 Å². The summed E-state index contributed by atoms with van der Waals surface area (Å²) in [5.41, 5.74) is 0.146. The van der Waals surface area contributed by atoms with Crippen LogP contribution in [0.1, 0.15) is 38.1 Å². The highest BCUT2D eigenvalue weighted by molar-refractivity contribution is 7.53. The molecular weight excluding hydrogens is 389 g/mol. The van der Waals surface area contributed by atoms with E-state index in [0.29, 0.717) is 0 Å². The van der Waals surface area contributed by atoms with Gasteiger partial charge in [-0.3, -0.25) is 9.09 Å². The fourth-order valence-corrected chi connectivity index (χ4v) is 4.08. The van der Waals surface area contributed by atoms with E-state index in [9.17, 15) is 23.8 Å². The molecule has 0 spiro atoms. The van der Waals surface area contributed by atoms with Crippen molar-refractivity contribution in [3.63, 3.8) is 0 Å². The number of benzene rings is 1. The molecule has 1 unspecified atom stereocenters. The van der Waals surface area contributed by atoms with Gasteiger partial charge < -0.3 is 19.7 Å². The van der Waals surface area contributed by atoms with Gasteiger partial charge in [0, 0.05) is 0 Å². The van der Waals surface area contributed by atoms with E-state index in [1.165, 1.54) is 12.1 Å². The van der Waals surface area contributed by atoms with Crippen molar-refractivity contribution in [1.82, 2.24) is 5.32 Å².